The summed E-state index contributed by atoms with van der Waals surface area (Å²) < 4.78 is 43.2. The smallest absolute Gasteiger partial charge is 0.401 e. The van der Waals surface area contributed by atoms with E-state index in [0.29, 0.717) is 51.3 Å². The largest absolute Gasteiger partial charge is 0.495 e. The summed E-state index contributed by atoms with van der Waals surface area (Å²) in [4.78, 5) is 18.1. The molecule has 0 bridgehead atoms. The van der Waals surface area contributed by atoms with E-state index in [1.165, 1.54) is 4.90 Å². The zero-order chi connectivity index (χ0) is 18.7. The second-order valence-corrected chi connectivity index (χ2v) is 6.75. The Bertz CT molecular complexity index is 638. The van der Waals surface area contributed by atoms with E-state index in [2.05, 4.69) is 0 Å². The first kappa shape index (κ1) is 19.0. The number of ether oxygens (including phenoxy) is 1. The second kappa shape index (κ2) is 7.84. The molecule has 2 aliphatic rings. The number of anilines is 1. The van der Waals surface area contributed by atoms with Crippen LogP contribution in [-0.4, -0.2) is 74.3 Å². The van der Waals surface area contributed by atoms with Crippen LogP contribution < -0.4 is 9.64 Å². The highest BCUT2D eigenvalue weighted by Gasteiger charge is 2.39. The first-order valence-electron chi connectivity index (χ1n) is 8.86. The summed E-state index contributed by atoms with van der Waals surface area (Å²) in [5, 5.41) is 0. The number of amides is 1. The highest BCUT2D eigenvalue weighted by molar-refractivity contribution is 6.00. The summed E-state index contributed by atoms with van der Waals surface area (Å²) in [6.07, 6.45) is -2.87. The second-order valence-electron chi connectivity index (χ2n) is 6.75. The molecule has 5 nitrogen and oxygen atoms in total. The highest BCUT2D eigenvalue weighted by atomic mass is 19.4. The van der Waals surface area contributed by atoms with Gasteiger partial charge in [0, 0.05) is 26.2 Å². The van der Waals surface area contributed by atoms with E-state index in [-0.39, 0.29) is 11.9 Å². The van der Waals surface area contributed by atoms with Crippen molar-refractivity contribution in [3.05, 3.63) is 24.3 Å². The van der Waals surface area contributed by atoms with Gasteiger partial charge in [0.05, 0.1) is 25.4 Å². The van der Waals surface area contributed by atoms with Crippen molar-refractivity contribution in [2.75, 3.05) is 51.3 Å². The topological polar surface area (TPSA) is 36.0 Å². The zero-order valence-electron chi connectivity index (χ0n) is 14.8. The number of carbonyl (C=O) groups excluding carboxylic acids is 1. The molecule has 0 radical (unpaired) electrons. The first-order valence-corrected chi connectivity index (χ1v) is 8.86. The van der Waals surface area contributed by atoms with Crippen molar-refractivity contribution < 1.29 is 22.7 Å². The minimum Gasteiger partial charge on any atom is -0.495 e. The van der Waals surface area contributed by atoms with Crippen LogP contribution >= 0.6 is 0 Å². The molecule has 0 spiro atoms. The molecule has 1 atom stereocenters. The average molecular weight is 371 g/mol. The number of alkyl halides is 3. The van der Waals surface area contributed by atoms with Crippen LogP contribution in [0.4, 0.5) is 18.9 Å². The predicted molar refractivity (Wildman–Crippen MR) is 92.4 cm³/mol. The van der Waals surface area contributed by atoms with Gasteiger partial charge in [0.25, 0.3) is 0 Å². The summed E-state index contributed by atoms with van der Waals surface area (Å²) in [5.74, 6) is 0.646. The van der Waals surface area contributed by atoms with Crippen molar-refractivity contribution in [3.63, 3.8) is 0 Å². The Hall–Kier alpha value is -1.80. The lowest BCUT2D eigenvalue weighted by atomic mass is 10.2. The van der Waals surface area contributed by atoms with Crippen molar-refractivity contribution in [2.24, 2.45) is 0 Å². The normalized spacial score (nSPS) is 23.3. The van der Waals surface area contributed by atoms with Gasteiger partial charge < -0.3 is 9.64 Å². The maximum absolute atomic E-state index is 12.9. The molecular formula is C18H24F3N3O2. The van der Waals surface area contributed by atoms with Crippen LogP contribution in [0.3, 0.4) is 0 Å². The molecule has 2 fully saturated rings. The molecule has 0 aliphatic carbocycles. The van der Waals surface area contributed by atoms with Crippen LogP contribution in [0.2, 0.25) is 0 Å². The number of benzene rings is 1. The highest BCUT2D eigenvalue weighted by Crippen LogP contribution is 2.32. The van der Waals surface area contributed by atoms with E-state index in [9.17, 15) is 18.0 Å². The fourth-order valence-corrected chi connectivity index (χ4v) is 3.81. The number of nitrogens with zero attached hydrogens (tertiary/aromatic N) is 3. The number of carbonyl (C=O) groups is 1. The fraction of sp³-hybridized carbons (Fsp3) is 0.611. The molecule has 2 aliphatic heterocycles. The van der Waals surface area contributed by atoms with Crippen LogP contribution in [0, 0.1) is 0 Å². The zero-order valence-corrected chi connectivity index (χ0v) is 14.8. The number of methoxy groups -OCH3 is 1. The lowest BCUT2D eigenvalue weighted by molar-refractivity contribution is -0.145. The number of halogens is 3. The average Bonchev–Trinajstić information content (AvgIpc) is 2.82. The summed E-state index contributed by atoms with van der Waals surface area (Å²) in [6.45, 7) is 1.57. The van der Waals surface area contributed by atoms with E-state index in [0.717, 1.165) is 5.69 Å². The predicted octanol–water partition coefficient (Wildman–Crippen LogP) is 2.37. The van der Waals surface area contributed by atoms with Gasteiger partial charge in [-0.3, -0.25) is 14.6 Å². The SMILES string of the molecule is COc1ccccc1N1CCC(N2CCCN(CC(F)(F)F)CC2)C1=O. The van der Waals surface area contributed by atoms with Crippen molar-refractivity contribution in [1.29, 1.82) is 0 Å². The Kier molecular flexibility index (Phi) is 5.72. The number of hydrogen-bond acceptors (Lipinski definition) is 4. The van der Waals surface area contributed by atoms with Crippen LogP contribution in [-0.2, 0) is 4.79 Å². The molecule has 0 saturated carbocycles. The van der Waals surface area contributed by atoms with Gasteiger partial charge in [-0.05, 0) is 31.5 Å². The molecule has 26 heavy (non-hydrogen) atoms. The van der Waals surface area contributed by atoms with E-state index in [1.54, 1.807) is 12.0 Å². The number of para-hydroxylation sites is 2. The van der Waals surface area contributed by atoms with Crippen LogP contribution in [0.25, 0.3) is 0 Å². The first-order chi connectivity index (χ1) is 12.4. The Morgan fingerprint density at radius 1 is 1.12 bits per heavy atom. The molecule has 1 aromatic rings. The maximum Gasteiger partial charge on any atom is 0.401 e. The Morgan fingerprint density at radius 2 is 1.88 bits per heavy atom. The van der Waals surface area contributed by atoms with Gasteiger partial charge in [-0.15, -0.1) is 0 Å². The summed E-state index contributed by atoms with van der Waals surface area (Å²) in [5.41, 5.74) is 0.746. The van der Waals surface area contributed by atoms with Gasteiger partial charge in [0.1, 0.15) is 5.75 Å². The monoisotopic (exact) mass is 371 g/mol. The molecule has 1 unspecified atom stereocenters. The fourth-order valence-electron chi connectivity index (χ4n) is 3.81. The van der Waals surface area contributed by atoms with Crippen LogP contribution in [0.5, 0.6) is 5.75 Å². The lowest BCUT2D eigenvalue weighted by Gasteiger charge is -2.27. The minimum absolute atomic E-state index is 0.00114. The third-order valence-corrected chi connectivity index (χ3v) is 5.02. The summed E-state index contributed by atoms with van der Waals surface area (Å²) in [6, 6.07) is 7.11. The van der Waals surface area contributed by atoms with E-state index < -0.39 is 12.7 Å². The minimum atomic E-state index is -4.18. The lowest BCUT2D eigenvalue weighted by Crippen LogP contribution is -2.44. The summed E-state index contributed by atoms with van der Waals surface area (Å²) in [7, 11) is 1.57. The number of hydrogen-bond donors (Lipinski definition) is 0. The Labute approximate surface area is 151 Å². The summed E-state index contributed by atoms with van der Waals surface area (Å²) >= 11 is 0. The molecule has 2 saturated heterocycles. The van der Waals surface area contributed by atoms with Gasteiger partial charge in [-0.1, -0.05) is 12.1 Å². The third-order valence-electron chi connectivity index (χ3n) is 5.02. The Morgan fingerprint density at radius 3 is 2.62 bits per heavy atom. The van der Waals surface area contributed by atoms with Gasteiger partial charge >= 0.3 is 6.18 Å². The quantitative estimate of drug-likeness (QED) is 0.814. The van der Waals surface area contributed by atoms with Gasteiger partial charge in [-0.25, -0.2) is 0 Å². The molecule has 3 rings (SSSR count). The van der Waals surface area contributed by atoms with Crippen molar-refractivity contribution in [1.82, 2.24) is 9.80 Å². The molecular weight excluding hydrogens is 347 g/mol. The molecule has 1 aromatic carbocycles. The van der Waals surface area contributed by atoms with Crippen LogP contribution in [0.1, 0.15) is 12.8 Å². The van der Waals surface area contributed by atoms with Crippen molar-refractivity contribution in [2.45, 2.75) is 25.1 Å². The van der Waals surface area contributed by atoms with E-state index in [4.69, 9.17) is 4.74 Å². The standard InChI is InChI=1S/C18H24F3N3O2/c1-26-16-6-3-2-5-14(16)24-10-7-15(17(24)25)23-9-4-8-22(11-12-23)13-18(19,20)21/h2-3,5-6,15H,4,7-13H2,1H3. The molecule has 8 heteroatoms. The Balaban J connectivity index is 1.65. The number of rotatable bonds is 4. The molecule has 2 heterocycles. The van der Waals surface area contributed by atoms with Gasteiger partial charge in [0.2, 0.25) is 5.91 Å². The molecule has 144 valence electrons. The van der Waals surface area contributed by atoms with Crippen molar-refractivity contribution >= 4 is 11.6 Å². The third kappa shape index (κ3) is 4.29. The van der Waals surface area contributed by atoms with Crippen molar-refractivity contribution in [3.8, 4) is 5.75 Å². The van der Waals surface area contributed by atoms with Gasteiger partial charge in [0.15, 0.2) is 0 Å². The molecule has 1 amide bonds. The van der Waals surface area contributed by atoms with Gasteiger partial charge in [-0.2, -0.15) is 13.2 Å². The molecule has 0 aromatic heterocycles. The van der Waals surface area contributed by atoms with E-state index in [1.807, 2.05) is 29.2 Å². The maximum atomic E-state index is 12.9. The van der Waals surface area contributed by atoms with E-state index >= 15 is 0 Å². The molecule has 0 N–H and O–H groups in total. The van der Waals surface area contributed by atoms with Crippen LogP contribution in [0.15, 0.2) is 24.3 Å².